The highest BCUT2D eigenvalue weighted by Gasteiger charge is 2.21. The van der Waals surface area contributed by atoms with Gasteiger partial charge < -0.3 is 14.2 Å². The smallest absolute Gasteiger partial charge is 0.264 e. The lowest BCUT2D eigenvalue weighted by Crippen LogP contribution is -2.30. The number of methoxy groups -OCH3 is 3. The van der Waals surface area contributed by atoms with Crippen molar-refractivity contribution in [2.75, 3.05) is 33.6 Å². The van der Waals surface area contributed by atoms with Crippen molar-refractivity contribution in [2.45, 2.75) is 29.3 Å². The highest BCUT2D eigenvalue weighted by Crippen LogP contribution is 2.40. The molecule has 1 amide bonds. The summed E-state index contributed by atoms with van der Waals surface area (Å²) in [4.78, 5) is 16.2. The average molecular weight is 749 g/mol. The van der Waals surface area contributed by atoms with Gasteiger partial charge in [-0.2, -0.15) is 0 Å². The Morgan fingerprint density at radius 2 is 1.47 bits per heavy atom. The summed E-state index contributed by atoms with van der Waals surface area (Å²) in [6.07, 6.45) is 0.479. The summed E-state index contributed by atoms with van der Waals surface area (Å²) >= 11 is 8.04. The number of nitrogens with zero attached hydrogens (tertiary/aromatic N) is 1. The van der Waals surface area contributed by atoms with Crippen LogP contribution in [0.4, 0.5) is 4.39 Å². The third kappa shape index (κ3) is 9.83. The zero-order valence-electron chi connectivity index (χ0n) is 28.4. The minimum atomic E-state index is -4.17. The van der Waals surface area contributed by atoms with Crippen molar-refractivity contribution in [3.8, 4) is 17.2 Å². The second-order valence-electron chi connectivity index (χ2n) is 11.5. The molecule has 0 saturated carbocycles. The first-order valence-electron chi connectivity index (χ1n) is 16.0. The van der Waals surface area contributed by atoms with E-state index in [1.807, 2.05) is 36.4 Å². The number of benzene rings is 5. The molecule has 5 aromatic rings. The second-order valence-corrected chi connectivity index (χ2v) is 14.8. The molecule has 0 aliphatic rings. The van der Waals surface area contributed by atoms with Crippen molar-refractivity contribution >= 4 is 39.3 Å². The molecule has 0 atom stereocenters. The molecule has 51 heavy (non-hydrogen) atoms. The standard InChI is InChI=1S/C39H38ClFN2O6S2/c1-47-36-21-18-30(37(48-2)38(36)49-3)24-27-12-16-29(17-13-27)39(44)42-51(45,46)32-19-14-28(15-20-32)25-43(22-23-50-31-8-5-4-6-9-31)26-33-34(40)10-7-11-35(33)41/h4-21H,22-26H2,1-3H3,(H,42,44). The van der Waals surface area contributed by atoms with Crippen LogP contribution in [0.5, 0.6) is 17.2 Å². The minimum Gasteiger partial charge on any atom is -0.493 e. The summed E-state index contributed by atoms with van der Waals surface area (Å²) in [6, 6.07) is 31.2. The molecule has 5 rings (SSSR count). The van der Waals surface area contributed by atoms with E-state index in [9.17, 15) is 17.6 Å². The molecule has 8 nitrogen and oxygen atoms in total. The number of hydrogen-bond donors (Lipinski definition) is 1. The third-order valence-electron chi connectivity index (χ3n) is 8.13. The summed E-state index contributed by atoms with van der Waals surface area (Å²) in [5.74, 6) is 1.18. The van der Waals surface area contributed by atoms with Crippen LogP contribution in [0.3, 0.4) is 0 Å². The van der Waals surface area contributed by atoms with E-state index in [2.05, 4.69) is 9.62 Å². The zero-order chi connectivity index (χ0) is 36.4. The van der Waals surface area contributed by atoms with E-state index in [0.717, 1.165) is 27.3 Å². The highest BCUT2D eigenvalue weighted by molar-refractivity contribution is 7.99. The Bertz CT molecular complexity index is 2030. The Morgan fingerprint density at radius 3 is 2.12 bits per heavy atom. The number of amides is 1. The fourth-order valence-electron chi connectivity index (χ4n) is 5.50. The van der Waals surface area contributed by atoms with Crippen molar-refractivity contribution in [3.63, 3.8) is 0 Å². The van der Waals surface area contributed by atoms with Gasteiger partial charge in [-0.15, -0.1) is 11.8 Å². The molecule has 0 spiro atoms. The molecule has 12 heteroatoms. The summed E-state index contributed by atoms with van der Waals surface area (Å²) in [6.45, 7) is 1.33. The van der Waals surface area contributed by atoms with Crippen molar-refractivity contribution in [2.24, 2.45) is 0 Å². The van der Waals surface area contributed by atoms with Gasteiger partial charge in [-0.05, 0) is 65.7 Å². The Morgan fingerprint density at radius 1 is 0.784 bits per heavy atom. The molecule has 0 bridgehead atoms. The van der Waals surface area contributed by atoms with E-state index in [1.165, 1.54) is 25.3 Å². The van der Waals surface area contributed by atoms with Crippen molar-refractivity contribution in [3.05, 3.63) is 148 Å². The van der Waals surface area contributed by atoms with Gasteiger partial charge in [0.25, 0.3) is 15.9 Å². The van der Waals surface area contributed by atoms with E-state index in [4.69, 9.17) is 25.8 Å². The number of nitrogens with one attached hydrogen (secondary N) is 1. The van der Waals surface area contributed by atoms with Crippen molar-refractivity contribution in [1.29, 1.82) is 0 Å². The van der Waals surface area contributed by atoms with Crippen LogP contribution in [0.25, 0.3) is 0 Å². The van der Waals surface area contributed by atoms with Crippen LogP contribution in [-0.2, 0) is 29.5 Å². The predicted molar refractivity (Wildman–Crippen MR) is 199 cm³/mol. The molecule has 0 aliphatic heterocycles. The number of sulfonamides is 1. The fourth-order valence-corrected chi connectivity index (χ4v) is 7.63. The lowest BCUT2D eigenvalue weighted by atomic mass is 10.0. The van der Waals surface area contributed by atoms with E-state index < -0.39 is 15.9 Å². The molecule has 0 unspecified atom stereocenters. The minimum absolute atomic E-state index is 0.0555. The molecule has 0 aliphatic carbocycles. The molecular formula is C39H38ClFN2O6S2. The van der Waals surface area contributed by atoms with Crippen LogP contribution >= 0.6 is 23.4 Å². The van der Waals surface area contributed by atoms with Crippen LogP contribution in [0, 0.1) is 5.82 Å². The van der Waals surface area contributed by atoms with Crippen LogP contribution in [-0.4, -0.2) is 52.9 Å². The summed E-state index contributed by atoms with van der Waals surface area (Å²) in [5.41, 5.74) is 3.14. The Balaban J connectivity index is 1.23. The maximum absolute atomic E-state index is 14.7. The maximum Gasteiger partial charge on any atom is 0.264 e. The number of rotatable bonds is 16. The van der Waals surface area contributed by atoms with Gasteiger partial charge in [0.15, 0.2) is 11.5 Å². The third-order valence-corrected chi connectivity index (χ3v) is 10.8. The number of carbonyl (C=O) groups excluding carboxylic acids is 1. The van der Waals surface area contributed by atoms with Gasteiger partial charge in [0.05, 0.1) is 26.2 Å². The maximum atomic E-state index is 14.7. The lowest BCUT2D eigenvalue weighted by Gasteiger charge is -2.23. The zero-order valence-corrected chi connectivity index (χ0v) is 30.8. The Hall–Kier alpha value is -4.55. The normalized spacial score (nSPS) is 11.3. The first-order valence-corrected chi connectivity index (χ1v) is 18.8. The molecule has 0 radical (unpaired) electrons. The number of carbonyl (C=O) groups is 1. The van der Waals surface area contributed by atoms with Gasteiger partial charge in [0, 0.05) is 58.4 Å². The number of halogens is 2. The van der Waals surface area contributed by atoms with Gasteiger partial charge in [-0.1, -0.05) is 66.2 Å². The number of ether oxygens (including phenoxy) is 3. The Kier molecular flexibility index (Phi) is 13.0. The Labute approximate surface area is 307 Å². The van der Waals surface area contributed by atoms with Gasteiger partial charge in [0.2, 0.25) is 5.75 Å². The fraction of sp³-hybridized carbons (Fsp3) is 0.205. The second kappa shape index (κ2) is 17.6. The average Bonchev–Trinajstić information content (AvgIpc) is 3.13. The topological polar surface area (TPSA) is 94.2 Å². The van der Waals surface area contributed by atoms with Crippen molar-refractivity contribution in [1.82, 2.24) is 9.62 Å². The van der Waals surface area contributed by atoms with Gasteiger partial charge in [-0.3, -0.25) is 9.69 Å². The van der Waals surface area contributed by atoms with Crippen LogP contribution in [0.1, 0.15) is 32.6 Å². The van der Waals surface area contributed by atoms with Crippen molar-refractivity contribution < 1.29 is 31.8 Å². The van der Waals surface area contributed by atoms with E-state index in [0.29, 0.717) is 47.3 Å². The number of thioether (sulfide) groups is 1. The van der Waals surface area contributed by atoms with E-state index >= 15 is 0 Å². The summed E-state index contributed by atoms with van der Waals surface area (Å²) in [7, 11) is 0.471. The molecular weight excluding hydrogens is 711 g/mol. The predicted octanol–water partition coefficient (Wildman–Crippen LogP) is 8.01. The quantitative estimate of drug-likeness (QED) is 0.102. The first kappa shape index (κ1) is 37.7. The van der Waals surface area contributed by atoms with Crippen LogP contribution < -0.4 is 18.9 Å². The van der Waals surface area contributed by atoms with Gasteiger partial charge in [-0.25, -0.2) is 17.5 Å². The SMILES string of the molecule is COc1ccc(Cc2ccc(C(=O)NS(=O)(=O)c3ccc(CN(CCSc4ccccc4)Cc4c(F)cccc4Cl)cc3)cc2)c(OC)c1OC. The molecule has 5 aromatic carbocycles. The molecule has 0 saturated heterocycles. The molecule has 0 aromatic heterocycles. The monoisotopic (exact) mass is 748 g/mol. The molecule has 266 valence electrons. The van der Waals surface area contributed by atoms with Crippen LogP contribution in [0.15, 0.2) is 119 Å². The van der Waals surface area contributed by atoms with Gasteiger partial charge in [0.1, 0.15) is 5.82 Å². The largest absolute Gasteiger partial charge is 0.493 e. The number of hydrogen-bond acceptors (Lipinski definition) is 8. The molecule has 0 heterocycles. The van der Waals surface area contributed by atoms with Gasteiger partial charge >= 0.3 is 0 Å². The highest BCUT2D eigenvalue weighted by atomic mass is 35.5. The van der Waals surface area contributed by atoms with E-state index in [1.54, 1.807) is 80.6 Å². The lowest BCUT2D eigenvalue weighted by molar-refractivity contribution is 0.0981. The molecule has 1 N–H and O–H groups in total. The van der Waals surface area contributed by atoms with E-state index in [-0.39, 0.29) is 22.8 Å². The molecule has 0 fully saturated rings. The summed E-state index contributed by atoms with van der Waals surface area (Å²) < 4.78 is 59.7. The first-order chi connectivity index (χ1) is 24.6. The summed E-state index contributed by atoms with van der Waals surface area (Å²) in [5, 5.41) is 0.348. The van der Waals surface area contributed by atoms with Crippen LogP contribution in [0.2, 0.25) is 5.02 Å².